The number of halogens is 1. The van der Waals surface area contributed by atoms with Crippen molar-refractivity contribution in [3.8, 4) is 11.5 Å². The van der Waals surface area contributed by atoms with Crippen molar-refractivity contribution in [2.45, 2.75) is 6.54 Å². The Hall–Kier alpha value is -2.86. The van der Waals surface area contributed by atoms with Gasteiger partial charge in [0.2, 0.25) is 0 Å². The number of aromatic nitrogens is 2. The minimum absolute atomic E-state index is 0.314. The summed E-state index contributed by atoms with van der Waals surface area (Å²) in [5, 5.41) is 9.05. The van der Waals surface area contributed by atoms with Crippen LogP contribution in [0.4, 0.5) is 10.1 Å². The fourth-order valence-corrected chi connectivity index (χ4v) is 2.08. The summed E-state index contributed by atoms with van der Waals surface area (Å²) >= 11 is 0. The third-order valence-electron chi connectivity index (χ3n) is 3.14. The molecule has 6 heteroatoms. The van der Waals surface area contributed by atoms with E-state index >= 15 is 0 Å². The Bertz CT molecular complexity index is 743. The van der Waals surface area contributed by atoms with E-state index < -0.39 is 0 Å². The molecule has 22 heavy (non-hydrogen) atoms. The third kappa shape index (κ3) is 3.24. The van der Waals surface area contributed by atoms with Crippen LogP contribution < -0.4 is 10.2 Å². The second-order valence-electron chi connectivity index (χ2n) is 4.73. The summed E-state index contributed by atoms with van der Waals surface area (Å²) in [5.74, 6) is 0.850. The van der Waals surface area contributed by atoms with Gasteiger partial charge >= 0.3 is 0 Å². The molecular formula is C16H14FN3O2. The third-order valence-corrected chi connectivity index (χ3v) is 3.14. The first-order chi connectivity index (χ1) is 10.7. The van der Waals surface area contributed by atoms with Gasteiger partial charge in [-0.25, -0.2) is 9.37 Å². The van der Waals surface area contributed by atoms with E-state index in [0.29, 0.717) is 23.7 Å². The van der Waals surface area contributed by atoms with Gasteiger partial charge in [-0.3, -0.25) is 10.7 Å². The van der Waals surface area contributed by atoms with Gasteiger partial charge in [0.1, 0.15) is 17.3 Å². The Morgan fingerprint density at radius 1 is 1.18 bits per heavy atom. The summed E-state index contributed by atoms with van der Waals surface area (Å²) < 4.78 is 20.6. The standard InChI is InChI=1S/C16H14FN3O2/c17-13-1-4-15(5-2-13)22-16-6-3-14(19-21)9-12(16)10-20-8-7-18-11-20/h1-9,11,19,21H,10H2. The zero-order valence-electron chi connectivity index (χ0n) is 11.6. The minimum atomic E-state index is -0.314. The number of hydrogen-bond acceptors (Lipinski definition) is 4. The molecule has 2 aromatic carbocycles. The number of ether oxygens (including phenoxy) is 1. The summed E-state index contributed by atoms with van der Waals surface area (Å²) in [6, 6.07) is 11.0. The van der Waals surface area contributed by atoms with Crippen molar-refractivity contribution in [3.05, 3.63) is 72.6 Å². The quantitative estimate of drug-likeness (QED) is 0.706. The van der Waals surface area contributed by atoms with Crippen LogP contribution in [-0.2, 0) is 6.54 Å². The first-order valence-corrected chi connectivity index (χ1v) is 6.67. The van der Waals surface area contributed by atoms with E-state index in [0.717, 1.165) is 5.56 Å². The van der Waals surface area contributed by atoms with Crippen LogP contribution in [0.2, 0.25) is 0 Å². The Morgan fingerprint density at radius 3 is 2.68 bits per heavy atom. The molecule has 0 radical (unpaired) electrons. The van der Waals surface area contributed by atoms with Crippen molar-refractivity contribution in [2.24, 2.45) is 0 Å². The maximum Gasteiger partial charge on any atom is 0.132 e. The molecule has 0 bridgehead atoms. The van der Waals surface area contributed by atoms with E-state index in [2.05, 4.69) is 10.5 Å². The monoisotopic (exact) mass is 299 g/mol. The summed E-state index contributed by atoms with van der Waals surface area (Å²) in [7, 11) is 0. The van der Waals surface area contributed by atoms with Gasteiger partial charge < -0.3 is 9.30 Å². The molecule has 0 aliphatic carbocycles. The van der Waals surface area contributed by atoms with Gasteiger partial charge in [0, 0.05) is 18.0 Å². The first-order valence-electron chi connectivity index (χ1n) is 6.67. The predicted molar refractivity (Wildman–Crippen MR) is 79.7 cm³/mol. The number of nitrogens with one attached hydrogen (secondary N) is 1. The van der Waals surface area contributed by atoms with Crippen molar-refractivity contribution in [1.82, 2.24) is 9.55 Å². The van der Waals surface area contributed by atoms with E-state index in [-0.39, 0.29) is 5.82 Å². The van der Waals surface area contributed by atoms with Gasteiger partial charge in [-0.1, -0.05) is 0 Å². The van der Waals surface area contributed by atoms with Crippen molar-refractivity contribution in [3.63, 3.8) is 0 Å². The Labute approximate surface area is 126 Å². The lowest BCUT2D eigenvalue weighted by Crippen LogP contribution is -2.01. The maximum absolute atomic E-state index is 13.0. The fraction of sp³-hybridized carbons (Fsp3) is 0.0625. The zero-order valence-corrected chi connectivity index (χ0v) is 11.6. The lowest BCUT2D eigenvalue weighted by Gasteiger charge is -2.13. The lowest BCUT2D eigenvalue weighted by atomic mass is 10.1. The molecule has 112 valence electrons. The Balaban J connectivity index is 1.90. The van der Waals surface area contributed by atoms with Crippen LogP contribution in [0.25, 0.3) is 0 Å². The van der Waals surface area contributed by atoms with Crippen molar-refractivity contribution in [1.29, 1.82) is 0 Å². The van der Waals surface area contributed by atoms with Crippen LogP contribution in [0.1, 0.15) is 5.56 Å². The van der Waals surface area contributed by atoms with Gasteiger partial charge in [-0.2, -0.15) is 0 Å². The molecule has 0 aliphatic rings. The predicted octanol–water partition coefficient (Wildman–Crippen LogP) is 3.66. The van der Waals surface area contributed by atoms with Gasteiger partial charge in [0.15, 0.2) is 0 Å². The fourth-order valence-electron chi connectivity index (χ4n) is 2.08. The average molecular weight is 299 g/mol. The van der Waals surface area contributed by atoms with E-state index in [4.69, 9.17) is 9.94 Å². The van der Waals surface area contributed by atoms with E-state index in [1.54, 1.807) is 42.9 Å². The van der Waals surface area contributed by atoms with Crippen molar-refractivity contribution in [2.75, 3.05) is 5.48 Å². The second kappa shape index (κ2) is 6.28. The normalized spacial score (nSPS) is 10.5. The molecule has 0 saturated carbocycles. The summed E-state index contributed by atoms with van der Waals surface area (Å²) in [6.45, 7) is 0.534. The summed E-state index contributed by atoms with van der Waals surface area (Å²) in [6.07, 6.45) is 5.22. The SMILES string of the molecule is ONc1ccc(Oc2ccc(F)cc2)c(Cn2ccnc2)c1. The second-order valence-corrected chi connectivity index (χ2v) is 4.73. The molecule has 1 aromatic heterocycles. The Morgan fingerprint density at radius 2 is 2.00 bits per heavy atom. The number of anilines is 1. The smallest absolute Gasteiger partial charge is 0.132 e. The van der Waals surface area contributed by atoms with Crippen LogP contribution in [0.5, 0.6) is 11.5 Å². The van der Waals surface area contributed by atoms with Gasteiger partial charge in [-0.15, -0.1) is 0 Å². The van der Waals surface area contributed by atoms with Crippen molar-refractivity contribution < 1.29 is 14.3 Å². The number of benzene rings is 2. The number of hydrogen-bond donors (Lipinski definition) is 2. The molecule has 0 fully saturated rings. The van der Waals surface area contributed by atoms with Crippen molar-refractivity contribution >= 4 is 5.69 Å². The largest absolute Gasteiger partial charge is 0.457 e. The van der Waals surface area contributed by atoms with Gasteiger partial charge in [0.25, 0.3) is 0 Å². The van der Waals surface area contributed by atoms with Crippen LogP contribution in [0.15, 0.2) is 61.2 Å². The van der Waals surface area contributed by atoms with E-state index in [1.807, 2.05) is 10.8 Å². The van der Waals surface area contributed by atoms with Crippen LogP contribution in [0, 0.1) is 5.82 Å². The molecule has 2 N–H and O–H groups in total. The molecule has 0 atom stereocenters. The molecule has 5 nitrogen and oxygen atoms in total. The molecule has 0 aliphatic heterocycles. The van der Waals surface area contributed by atoms with Crippen LogP contribution >= 0.6 is 0 Å². The van der Waals surface area contributed by atoms with Crippen LogP contribution in [-0.4, -0.2) is 14.8 Å². The molecule has 0 amide bonds. The zero-order chi connectivity index (χ0) is 15.4. The number of nitrogens with zero attached hydrogens (tertiary/aromatic N) is 2. The number of rotatable bonds is 5. The molecule has 1 heterocycles. The van der Waals surface area contributed by atoms with E-state index in [1.165, 1.54) is 12.1 Å². The highest BCUT2D eigenvalue weighted by Crippen LogP contribution is 2.28. The minimum Gasteiger partial charge on any atom is -0.457 e. The molecule has 0 unspecified atom stereocenters. The topological polar surface area (TPSA) is 59.3 Å². The first kappa shape index (κ1) is 14.1. The van der Waals surface area contributed by atoms with Crippen LogP contribution in [0.3, 0.4) is 0 Å². The number of imidazole rings is 1. The average Bonchev–Trinajstić information content (AvgIpc) is 3.04. The maximum atomic E-state index is 13.0. The molecule has 0 saturated heterocycles. The summed E-state index contributed by atoms with van der Waals surface area (Å²) in [5.41, 5.74) is 3.52. The lowest BCUT2D eigenvalue weighted by molar-refractivity contribution is 0.388. The molecule has 0 spiro atoms. The highest BCUT2D eigenvalue weighted by atomic mass is 19.1. The molecule has 3 rings (SSSR count). The van der Waals surface area contributed by atoms with E-state index in [9.17, 15) is 4.39 Å². The van der Waals surface area contributed by atoms with Gasteiger partial charge in [-0.05, 0) is 42.5 Å². The van der Waals surface area contributed by atoms with Gasteiger partial charge in [0.05, 0.1) is 18.6 Å². The highest BCUT2D eigenvalue weighted by Gasteiger charge is 2.08. The Kier molecular flexibility index (Phi) is 4.02. The highest BCUT2D eigenvalue weighted by molar-refractivity contribution is 5.51. The summed E-state index contributed by atoms with van der Waals surface area (Å²) in [4.78, 5) is 4.00. The molecular weight excluding hydrogens is 285 g/mol. The molecule has 3 aromatic rings.